The number of aryl methyl sites for hydroxylation is 1. The van der Waals surface area contributed by atoms with Gasteiger partial charge in [-0.05, 0) is 46.9 Å². The van der Waals surface area contributed by atoms with Crippen molar-refractivity contribution in [2.45, 2.75) is 6.92 Å². The molecule has 0 amide bonds. The molecule has 0 saturated carbocycles. The van der Waals surface area contributed by atoms with Crippen LogP contribution in [0, 0.1) is 6.92 Å². The van der Waals surface area contributed by atoms with Crippen LogP contribution in [0.15, 0.2) is 73.3 Å². The van der Waals surface area contributed by atoms with Crippen LogP contribution < -0.4 is 0 Å². The molecule has 3 rings (SSSR count). The maximum absolute atomic E-state index is 6.42. The molecule has 0 aliphatic rings. The Morgan fingerprint density at radius 3 is 2.23 bits per heavy atom. The highest BCUT2D eigenvalue weighted by Crippen LogP contribution is 2.34. The number of hydrogen-bond acceptors (Lipinski definition) is 0. The Labute approximate surface area is 136 Å². The van der Waals surface area contributed by atoms with E-state index >= 15 is 0 Å². The van der Waals surface area contributed by atoms with Crippen molar-refractivity contribution in [3.05, 3.63) is 89.5 Å². The molecule has 3 aromatic rings. The molecule has 0 bridgehead atoms. The Balaban J connectivity index is 2.12. The minimum absolute atomic E-state index is 0.774. The van der Waals surface area contributed by atoms with Gasteiger partial charge >= 0.3 is 0 Å². The number of halogens is 1. The molecule has 0 heterocycles. The third kappa shape index (κ3) is 2.84. The fourth-order valence-corrected chi connectivity index (χ4v) is 2.96. The predicted octanol–water partition coefficient (Wildman–Crippen LogP) is 6.63. The summed E-state index contributed by atoms with van der Waals surface area (Å²) in [5, 5.41) is 0.774. The van der Waals surface area contributed by atoms with Crippen molar-refractivity contribution in [2.24, 2.45) is 0 Å². The van der Waals surface area contributed by atoms with Gasteiger partial charge in [-0.15, -0.1) is 0 Å². The minimum atomic E-state index is 0.774. The van der Waals surface area contributed by atoms with Gasteiger partial charge in [-0.1, -0.05) is 78.9 Å². The molecule has 0 aliphatic heterocycles. The van der Waals surface area contributed by atoms with Gasteiger partial charge in [0.05, 0.1) is 0 Å². The van der Waals surface area contributed by atoms with Crippen molar-refractivity contribution in [3.8, 4) is 22.3 Å². The van der Waals surface area contributed by atoms with Crippen LogP contribution in [0.5, 0.6) is 0 Å². The molecule has 0 N–H and O–H groups in total. The fraction of sp³-hybridized carbons (Fsp3) is 0.0476. The average Bonchev–Trinajstić information content (AvgIpc) is 2.55. The van der Waals surface area contributed by atoms with Crippen molar-refractivity contribution in [2.75, 3.05) is 0 Å². The summed E-state index contributed by atoms with van der Waals surface area (Å²) in [6.45, 7) is 6.00. The molecular formula is C21H17Cl. The third-order valence-corrected chi connectivity index (χ3v) is 4.11. The van der Waals surface area contributed by atoms with Gasteiger partial charge in [0.25, 0.3) is 0 Å². The Bertz CT molecular complexity index is 817. The predicted molar refractivity (Wildman–Crippen MR) is 97.2 cm³/mol. The van der Waals surface area contributed by atoms with Gasteiger partial charge in [0.1, 0.15) is 0 Å². The molecule has 0 unspecified atom stereocenters. The lowest BCUT2D eigenvalue weighted by Crippen LogP contribution is -1.87. The van der Waals surface area contributed by atoms with E-state index in [0.717, 1.165) is 27.3 Å². The standard InChI is InChI=1S/C21H17Cl/c1-3-16-14-18(17-7-5-4-6-8-17)10-12-19(16)20-11-9-15(2)13-21(20)22/h3-14H,1H2,2H3. The van der Waals surface area contributed by atoms with E-state index in [2.05, 4.69) is 49.0 Å². The van der Waals surface area contributed by atoms with Crippen molar-refractivity contribution in [1.29, 1.82) is 0 Å². The van der Waals surface area contributed by atoms with Crippen LogP contribution >= 0.6 is 11.6 Å². The first-order valence-corrected chi connectivity index (χ1v) is 7.65. The quantitative estimate of drug-likeness (QED) is 0.509. The van der Waals surface area contributed by atoms with Crippen molar-refractivity contribution in [3.63, 3.8) is 0 Å². The first-order chi connectivity index (χ1) is 10.7. The zero-order chi connectivity index (χ0) is 15.5. The first-order valence-electron chi connectivity index (χ1n) is 7.27. The summed E-state index contributed by atoms with van der Waals surface area (Å²) in [6, 6.07) is 22.9. The van der Waals surface area contributed by atoms with E-state index in [1.54, 1.807) is 0 Å². The van der Waals surface area contributed by atoms with E-state index < -0.39 is 0 Å². The molecule has 0 radical (unpaired) electrons. The smallest absolute Gasteiger partial charge is 0.0487 e. The van der Waals surface area contributed by atoms with Crippen LogP contribution in [0.1, 0.15) is 11.1 Å². The molecule has 3 aromatic carbocycles. The lowest BCUT2D eigenvalue weighted by atomic mass is 9.94. The molecule has 22 heavy (non-hydrogen) atoms. The Kier molecular flexibility index (Phi) is 4.13. The van der Waals surface area contributed by atoms with Crippen LogP contribution in [-0.2, 0) is 0 Å². The monoisotopic (exact) mass is 304 g/mol. The first kappa shape index (κ1) is 14.6. The Morgan fingerprint density at radius 1 is 0.818 bits per heavy atom. The van der Waals surface area contributed by atoms with Gasteiger partial charge in [-0.2, -0.15) is 0 Å². The van der Waals surface area contributed by atoms with E-state index in [1.165, 1.54) is 11.1 Å². The van der Waals surface area contributed by atoms with Crippen LogP contribution in [0.3, 0.4) is 0 Å². The second-order valence-corrected chi connectivity index (χ2v) is 5.76. The summed E-state index contributed by atoms with van der Waals surface area (Å²) >= 11 is 6.42. The summed E-state index contributed by atoms with van der Waals surface area (Å²) in [7, 11) is 0. The summed E-state index contributed by atoms with van der Waals surface area (Å²) in [5.74, 6) is 0. The maximum atomic E-state index is 6.42. The fourth-order valence-electron chi connectivity index (χ4n) is 2.63. The molecule has 0 aliphatic carbocycles. The van der Waals surface area contributed by atoms with Crippen LogP contribution in [0.2, 0.25) is 5.02 Å². The second kappa shape index (κ2) is 6.21. The van der Waals surface area contributed by atoms with Gasteiger partial charge in [-0.25, -0.2) is 0 Å². The lowest BCUT2D eigenvalue weighted by molar-refractivity contribution is 1.46. The van der Waals surface area contributed by atoms with Crippen LogP contribution in [0.4, 0.5) is 0 Å². The molecule has 0 nitrogen and oxygen atoms in total. The zero-order valence-electron chi connectivity index (χ0n) is 12.5. The average molecular weight is 305 g/mol. The number of rotatable bonds is 3. The van der Waals surface area contributed by atoms with Gasteiger partial charge < -0.3 is 0 Å². The van der Waals surface area contributed by atoms with E-state index in [-0.39, 0.29) is 0 Å². The molecule has 0 saturated heterocycles. The number of benzene rings is 3. The molecule has 0 atom stereocenters. The normalized spacial score (nSPS) is 10.5. The summed E-state index contributed by atoms with van der Waals surface area (Å²) < 4.78 is 0. The maximum Gasteiger partial charge on any atom is 0.0487 e. The molecular weight excluding hydrogens is 288 g/mol. The van der Waals surface area contributed by atoms with Crippen molar-refractivity contribution < 1.29 is 0 Å². The molecule has 0 aromatic heterocycles. The summed E-state index contributed by atoms with van der Waals surface area (Å²) in [4.78, 5) is 0. The highest BCUT2D eigenvalue weighted by molar-refractivity contribution is 6.33. The van der Waals surface area contributed by atoms with E-state index in [9.17, 15) is 0 Å². The van der Waals surface area contributed by atoms with Crippen molar-refractivity contribution >= 4 is 17.7 Å². The van der Waals surface area contributed by atoms with Gasteiger partial charge in [-0.3, -0.25) is 0 Å². The lowest BCUT2D eigenvalue weighted by Gasteiger charge is -2.11. The number of hydrogen-bond donors (Lipinski definition) is 0. The molecule has 0 spiro atoms. The summed E-state index contributed by atoms with van der Waals surface area (Å²) in [5.41, 5.74) is 6.79. The highest BCUT2D eigenvalue weighted by atomic mass is 35.5. The van der Waals surface area contributed by atoms with Crippen molar-refractivity contribution in [1.82, 2.24) is 0 Å². The molecule has 0 fully saturated rings. The largest absolute Gasteiger partial charge is 0.0984 e. The van der Waals surface area contributed by atoms with Gasteiger partial charge in [0.2, 0.25) is 0 Å². The second-order valence-electron chi connectivity index (χ2n) is 5.36. The Morgan fingerprint density at radius 2 is 1.55 bits per heavy atom. The zero-order valence-corrected chi connectivity index (χ0v) is 13.3. The van der Waals surface area contributed by atoms with E-state index in [1.807, 2.05) is 37.3 Å². The Hall–Kier alpha value is -2.31. The highest BCUT2D eigenvalue weighted by Gasteiger charge is 2.09. The molecule has 1 heteroatoms. The van der Waals surface area contributed by atoms with E-state index in [0.29, 0.717) is 0 Å². The SMILES string of the molecule is C=Cc1cc(-c2ccccc2)ccc1-c1ccc(C)cc1Cl. The van der Waals surface area contributed by atoms with Crippen LogP contribution in [-0.4, -0.2) is 0 Å². The van der Waals surface area contributed by atoms with Crippen LogP contribution in [0.25, 0.3) is 28.3 Å². The van der Waals surface area contributed by atoms with Gasteiger partial charge in [0, 0.05) is 10.6 Å². The molecule has 108 valence electrons. The van der Waals surface area contributed by atoms with Gasteiger partial charge in [0.15, 0.2) is 0 Å². The van der Waals surface area contributed by atoms with E-state index in [4.69, 9.17) is 11.6 Å². The topological polar surface area (TPSA) is 0 Å². The minimum Gasteiger partial charge on any atom is -0.0984 e. The summed E-state index contributed by atoms with van der Waals surface area (Å²) in [6.07, 6.45) is 1.89. The third-order valence-electron chi connectivity index (χ3n) is 3.79.